The number of furan rings is 1. The molecule has 0 atom stereocenters. The summed E-state index contributed by atoms with van der Waals surface area (Å²) in [5.41, 5.74) is 11.8. The van der Waals surface area contributed by atoms with Crippen LogP contribution in [0.25, 0.3) is 22.1 Å². The van der Waals surface area contributed by atoms with E-state index in [1.54, 1.807) is 12.4 Å². The van der Waals surface area contributed by atoms with Crippen LogP contribution < -0.4 is 5.73 Å². The molecule has 4 rings (SSSR count). The van der Waals surface area contributed by atoms with Crippen molar-refractivity contribution in [2.24, 2.45) is 0 Å². The summed E-state index contributed by atoms with van der Waals surface area (Å²) in [6.45, 7) is 3.91. The molecule has 26 heavy (non-hydrogen) atoms. The molecule has 0 aliphatic carbocycles. The lowest BCUT2D eigenvalue weighted by atomic mass is 10.00. The lowest BCUT2D eigenvalue weighted by Crippen LogP contribution is -2.05. The van der Waals surface area contributed by atoms with E-state index in [0.717, 1.165) is 27.6 Å². The monoisotopic (exact) mass is 342 g/mol. The van der Waals surface area contributed by atoms with Crippen LogP contribution in [-0.4, -0.2) is 10.8 Å². The number of rotatable bonds is 3. The number of anilines is 1. The van der Waals surface area contributed by atoms with Crippen LogP contribution in [0, 0.1) is 13.8 Å². The molecule has 0 aliphatic rings. The molecule has 2 heterocycles. The van der Waals surface area contributed by atoms with E-state index in [-0.39, 0.29) is 11.5 Å². The van der Waals surface area contributed by atoms with Gasteiger partial charge in [0.15, 0.2) is 5.76 Å². The fourth-order valence-electron chi connectivity index (χ4n) is 3.19. The van der Waals surface area contributed by atoms with Crippen LogP contribution in [0.1, 0.15) is 27.2 Å². The number of aromatic nitrogens is 1. The number of hydrogen-bond donors (Lipinski definition) is 1. The van der Waals surface area contributed by atoms with E-state index in [9.17, 15) is 4.79 Å². The van der Waals surface area contributed by atoms with Gasteiger partial charge in [-0.05, 0) is 43.2 Å². The first kappa shape index (κ1) is 16.1. The van der Waals surface area contributed by atoms with Gasteiger partial charge in [-0.25, -0.2) is 0 Å². The molecule has 0 amide bonds. The fraction of sp³-hybridized carbons (Fsp3) is 0.0909. The number of fused-ring (bicyclic) bond motifs is 1. The smallest absolute Gasteiger partial charge is 0.230 e. The highest BCUT2D eigenvalue weighted by atomic mass is 16.3. The Labute approximate surface area is 151 Å². The van der Waals surface area contributed by atoms with Crippen LogP contribution in [-0.2, 0) is 0 Å². The van der Waals surface area contributed by atoms with Crippen molar-refractivity contribution in [3.63, 3.8) is 0 Å². The van der Waals surface area contributed by atoms with Crippen LogP contribution >= 0.6 is 0 Å². The van der Waals surface area contributed by atoms with E-state index < -0.39 is 0 Å². The molecule has 0 saturated heterocycles. The molecule has 0 aliphatic heterocycles. The number of hydrogen-bond acceptors (Lipinski definition) is 4. The number of benzene rings is 2. The number of nitrogens with zero attached hydrogens (tertiary/aromatic N) is 1. The lowest BCUT2D eigenvalue weighted by Gasteiger charge is -2.04. The number of carbonyl (C=O) groups is 1. The number of nitrogens with two attached hydrogens (primary N) is 1. The van der Waals surface area contributed by atoms with Gasteiger partial charge >= 0.3 is 0 Å². The van der Waals surface area contributed by atoms with Gasteiger partial charge in [-0.1, -0.05) is 35.9 Å². The number of carbonyl (C=O) groups excluding carboxylic acids is 1. The Morgan fingerprint density at radius 1 is 1.04 bits per heavy atom. The molecule has 0 fully saturated rings. The van der Waals surface area contributed by atoms with Crippen LogP contribution in [0.5, 0.6) is 0 Å². The zero-order chi connectivity index (χ0) is 18.3. The van der Waals surface area contributed by atoms with Crippen molar-refractivity contribution in [2.75, 3.05) is 5.73 Å². The molecular formula is C22H18N2O2. The maximum Gasteiger partial charge on any atom is 0.230 e. The molecule has 0 radical (unpaired) electrons. The van der Waals surface area contributed by atoms with Gasteiger partial charge in [0.05, 0.1) is 5.69 Å². The first-order valence-corrected chi connectivity index (χ1v) is 8.39. The second-order valence-corrected chi connectivity index (χ2v) is 6.45. The number of pyridine rings is 1. The standard InChI is InChI=1S/C22H18N2O2/c1-13-5-7-17(14(2)10-13)21(25)22-20(23)18-8-6-15(11-19(18)26-22)16-4-3-9-24-12-16/h3-12H,23H2,1-2H3. The molecule has 4 heteroatoms. The van der Waals surface area contributed by atoms with Gasteiger partial charge < -0.3 is 10.2 Å². The van der Waals surface area contributed by atoms with E-state index in [1.165, 1.54) is 0 Å². The van der Waals surface area contributed by atoms with Gasteiger partial charge in [0.2, 0.25) is 5.78 Å². The highest BCUT2D eigenvalue weighted by Gasteiger charge is 2.21. The molecule has 0 unspecified atom stereocenters. The summed E-state index contributed by atoms with van der Waals surface area (Å²) in [4.78, 5) is 17.1. The van der Waals surface area contributed by atoms with Crippen molar-refractivity contribution < 1.29 is 9.21 Å². The van der Waals surface area contributed by atoms with E-state index in [4.69, 9.17) is 10.2 Å². The van der Waals surface area contributed by atoms with Gasteiger partial charge in [0.1, 0.15) is 5.58 Å². The summed E-state index contributed by atoms with van der Waals surface area (Å²) in [7, 11) is 0. The molecule has 4 aromatic rings. The van der Waals surface area contributed by atoms with E-state index in [0.29, 0.717) is 16.8 Å². The van der Waals surface area contributed by atoms with E-state index in [2.05, 4.69) is 4.98 Å². The quantitative estimate of drug-likeness (QED) is 0.536. The molecular weight excluding hydrogens is 324 g/mol. The van der Waals surface area contributed by atoms with Gasteiger partial charge in [-0.15, -0.1) is 0 Å². The third-order valence-electron chi connectivity index (χ3n) is 4.56. The normalized spacial score (nSPS) is 11.0. The summed E-state index contributed by atoms with van der Waals surface area (Å²) in [6.07, 6.45) is 3.52. The van der Waals surface area contributed by atoms with Crippen LogP contribution in [0.3, 0.4) is 0 Å². The van der Waals surface area contributed by atoms with Gasteiger partial charge in [0, 0.05) is 28.9 Å². The molecule has 2 aromatic heterocycles. The van der Waals surface area contributed by atoms with Crippen LogP contribution in [0.15, 0.2) is 65.3 Å². The van der Waals surface area contributed by atoms with Crippen molar-refractivity contribution in [1.29, 1.82) is 0 Å². The third-order valence-corrected chi connectivity index (χ3v) is 4.56. The van der Waals surface area contributed by atoms with Crippen molar-refractivity contribution in [3.8, 4) is 11.1 Å². The summed E-state index contributed by atoms with van der Waals surface area (Å²) in [6, 6.07) is 15.3. The van der Waals surface area contributed by atoms with Crippen molar-refractivity contribution >= 4 is 22.4 Å². The molecule has 2 N–H and O–H groups in total. The molecule has 2 aromatic carbocycles. The Hall–Kier alpha value is -3.40. The highest BCUT2D eigenvalue weighted by Crippen LogP contribution is 2.33. The summed E-state index contributed by atoms with van der Waals surface area (Å²) >= 11 is 0. The van der Waals surface area contributed by atoms with Crippen LogP contribution in [0.2, 0.25) is 0 Å². The highest BCUT2D eigenvalue weighted by molar-refractivity contribution is 6.15. The summed E-state index contributed by atoms with van der Waals surface area (Å²) in [5.74, 6) is -0.00517. The first-order chi connectivity index (χ1) is 12.5. The maximum absolute atomic E-state index is 12.9. The molecule has 0 saturated carbocycles. The Morgan fingerprint density at radius 3 is 2.62 bits per heavy atom. The number of aryl methyl sites for hydroxylation is 2. The predicted molar refractivity (Wildman–Crippen MR) is 103 cm³/mol. The Balaban J connectivity index is 1.81. The maximum atomic E-state index is 12.9. The first-order valence-electron chi connectivity index (χ1n) is 8.39. The molecule has 0 spiro atoms. The van der Waals surface area contributed by atoms with E-state index >= 15 is 0 Å². The van der Waals surface area contributed by atoms with Gasteiger partial charge in [-0.2, -0.15) is 0 Å². The van der Waals surface area contributed by atoms with E-state index in [1.807, 2.05) is 62.4 Å². The largest absolute Gasteiger partial charge is 0.450 e. The second kappa shape index (κ2) is 6.15. The summed E-state index contributed by atoms with van der Waals surface area (Å²) < 4.78 is 5.87. The zero-order valence-electron chi connectivity index (χ0n) is 14.6. The number of nitrogen functional groups attached to an aromatic ring is 1. The second-order valence-electron chi connectivity index (χ2n) is 6.45. The zero-order valence-corrected chi connectivity index (χ0v) is 14.6. The van der Waals surface area contributed by atoms with Crippen molar-refractivity contribution in [1.82, 2.24) is 4.98 Å². The average Bonchev–Trinajstić information content (AvgIpc) is 2.98. The summed E-state index contributed by atoms with van der Waals surface area (Å²) in [5, 5.41) is 0.741. The Bertz CT molecular complexity index is 1130. The predicted octanol–water partition coefficient (Wildman–Crippen LogP) is 4.92. The Morgan fingerprint density at radius 2 is 1.88 bits per heavy atom. The number of ketones is 1. The molecule has 4 nitrogen and oxygen atoms in total. The minimum atomic E-state index is -0.195. The minimum Gasteiger partial charge on any atom is -0.450 e. The average molecular weight is 342 g/mol. The third kappa shape index (κ3) is 2.65. The molecule has 128 valence electrons. The van der Waals surface area contributed by atoms with Crippen molar-refractivity contribution in [2.45, 2.75) is 13.8 Å². The molecule has 0 bridgehead atoms. The van der Waals surface area contributed by atoms with Gasteiger partial charge in [-0.3, -0.25) is 9.78 Å². The lowest BCUT2D eigenvalue weighted by molar-refractivity contribution is 0.101. The fourth-order valence-corrected chi connectivity index (χ4v) is 3.19. The SMILES string of the molecule is Cc1ccc(C(=O)c2oc3cc(-c4cccnc4)ccc3c2N)c(C)c1. The topological polar surface area (TPSA) is 69.1 Å². The van der Waals surface area contributed by atoms with Crippen LogP contribution in [0.4, 0.5) is 5.69 Å². The van der Waals surface area contributed by atoms with Gasteiger partial charge in [0.25, 0.3) is 0 Å². The minimum absolute atomic E-state index is 0.190. The Kier molecular flexibility index (Phi) is 3.81. The van der Waals surface area contributed by atoms with Crippen molar-refractivity contribution in [3.05, 3.63) is 83.4 Å².